The lowest BCUT2D eigenvalue weighted by atomic mass is 10.2. The van der Waals surface area contributed by atoms with E-state index in [0.717, 1.165) is 6.07 Å². The maximum Gasteiger partial charge on any atom is 0.417 e. The van der Waals surface area contributed by atoms with Gasteiger partial charge in [0.1, 0.15) is 0 Å². The minimum atomic E-state index is -4.63. The van der Waals surface area contributed by atoms with E-state index in [1.165, 1.54) is 6.07 Å². The van der Waals surface area contributed by atoms with E-state index in [1.54, 1.807) is 0 Å². The quantitative estimate of drug-likeness (QED) is 0.592. The zero-order valence-electron chi connectivity index (χ0n) is 9.90. The molecular formula is C12H5BrF6N2. The maximum atomic E-state index is 13.4. The third-order valence-electron chi connectivity index (χ3n) is 2.42. The molecule has 2 nitrogen and oxygen atoms in total. The summed E-state index contributed by atoms with van der Waals surface area (Å²) in [6.07, 6.45) is -4.63. The van der Waals surface area contributed by atoms with Crippen molar-refractivity contribution in [2.45, 2.75) is 6.18 Å². The zero-order chi connectivity index (χ0) is 15.8. The molecule has 0 aliphatic rings. The summed E-state index contributed by atoms with van der Waals surface area (Å²) in [6, 6.07) is 3.21. The number of pyridine rings is 1. The molecule has 2 aromatic rings. The molecule has 0 saturated carbocycles. The Labute approximate surface area is 122 Å². The number of halogens is 7. The molecular weight excluding hydrogens is 366 g/mol. The predicted octanol–water partition coefficient (Wildman–Crippen LogP) is 5.02. The van der Waals surface area contributed by atoms with E-state index in [0.29, 0.717) is 6.07 Å². The van der Waals surface area contributed by atoms with Gasteiger partial charge in [-0.05, 0) is 18.2 Å². The Morgan fingerprint density at radius 1 is 1.00 bits per heavy atom. The molecule has 1 aromatic carbocycles. The van der Waals surface area contributed by atoms with E-state index < -0.39 is 35.1 Å². The molecule has 0 spiro atoms. The van der Waals surface area contributed by atoms with Crippen molar-refractivity contribution in [2.75, 3.05) is 5.32 Å². The number of rotatable bonds is 2. The van der Waals surface area contributed by atoms with Gasteiger partial charge in [0.15, 0.2) is 17.5 Å². The fraction of sp³-hybridized carbons (Fsp3) is 0.0833. The van der Waals surface area contributed by atoms with Crippen molar-refractivity contribution in [2.24, 2.45) is 0 Å². The second-order valence-corrected chi connectivity index (χ2v) is 4.76. The maximum absolute atomic E-state index is 13.4. The second-order valence-electron chi connectivity index (χ2n) is 3.91. The van der Waals surface area contributed by atoms with Crippen LogP contribution in [-0.4, -0.2) is 4.98 Å². The molecule has 1 N–H and O–H groups in total. The molecule has 0 radical (unpaired) electrons. The monoisotopic (exact) mass is 370 g/mol. The van der Waals surface area contributed by atoms with Gasteiger partial charge in [0.25, 0.3) is 5.95 Å². The van der Waals surface area contributed by atoms with E-state index in [2.05, 4.69) is 26.2 Å². The molecule has 0 aliphatic carbocycles. The first-order valence-electron chi connectivity index (χ1n) is 5.34. The minimum absolute atomic E-state index is 0.178. The average molecular weight is 371 g/mol. The lowest BCUT2D eigenvalue weighted by molar-refractivity contribution is -0.138. The highest BCUT2D eigenvalue weighted by atomic mass is 79.9. The summed E-state index contributed by atoms with van der Waals surface area (Å²) in [4.78, 5) is 2.96. The van der Waals surface area contributed by atoms with Crippen LogP contribution in [0.15, 0.2) is 28.7 Å². The van der Waals surface area contributed by atoms with E-state index in [4.69, 9.17) is 0 Å². The number of aromatic nitrogens is 1. The van der Waals surface area contributed by atoms with Crippen molar-refractivity contribution in [3.05, 3.63) is 51.9 Å². The highest BCUT2D eigenvalue weighted by Gasteiger charge is 2.33. The summed E-state index contributed by atoms with van der Waals surface area (Å²) in [5.41, 5.74) is -1.18. The first kappa shape index (κ1) is 15.6. The molecule has 9 heteroatoms. The summed E-state index contributed by atoms with van der Waals surface area (Å²) in [5.74, 6) is -5.01. The topological polar surface area (TPSA) is 24.9 Å². The van der Waals surface area contributed by atoms with Crippen LogP contribution in [0.2, 0.25) is 0 Å². The predicted molar refractivity (Wildman–Crippen MR) is 66.5 cm³/mol. The molecule has 0 aliphatic heterocycles. The fourth-order valence-electron chi connectivity index (χ4n) is 1.49. The van der Waals surface area contributed by atoms with Crippen LogP contribution in [0, 0.1) is 17.6 Å². The Balaban J connectivity index is 2.39. The van der Waals surface area contributed by atoms with Crippen LogP contribution in [0.25, 0.3) is 0 Å². The van der Waals surface area contributed by atoms with Crippen LogP contribution in [0.4, 0.5) is 37.8 Å². The Bertz CT molecular complexity index is 686. The molecule has 0 atom stereocenters. The highest BCUT2D eigenvalue weighted by Crippen LogP contribution is 2.36. The van der Waals surface area contributed by atoms with Gasteiger partial charge < -0.3 is 5.32 Å². The summed E-state index contributed by atoms with van der Waals surface area (Å²) < 4.78 is 76.9. The number of anilines is 2. The molecule has 2 rings (SSSR count). The number of nitrogens with one attached hydrogen (secondary N) is 1. The smallest absolute Gasteiger partial charge is 0.338 e. The lowest BCUT2D eigenvalue weighted by Gasteiger charge is -2.12. The van der Waals surface area contributed by atoms with Gasteiger partial charge >= 0.3 is 6.18 Å². The van der Waals surface area contributed by atoms with Crippen molar-refractivity contribution in [1.82, 2.24) is 4.98 Å². The number of nitrogens with zero attached hydrogens (tertiary/aromatic N) is 1. The molecule has 0 bridgehead atoms. The van der Waals surface area contributed by atoms with Crippen molar-refractivity contribution in [3.63, 3.8) is 0 Å². The third-order valence-corrected chi connectivity index (χ3v) is 3.11. The normalized spacial score (nSPS) is 11.6. The second kappa shape index (κ2) is 5.55. The Kier molecular flexibility index (Phi) is 4.13. The first-order chi connectivity index (χ1) is 9.68. The summed E-state index contributed by atoms with van der Waals surface area (Å²) in [7, 11) is 0. The standard InChI is InChI=1S/C12H5BrF6N2/c13-7-2-1-5(3-6(7)12(17,18)19)20-11-9(15)4-8(14)10(16)21-11/h1-4H,(H,20,21). The number of hydrogen-bond donors (Lipinski definition) is 1. The van der Waals surface area contributed by atoms with Crippen molar-refractivity contribution in [1.29, 1.82) is 0 Å². The molecule has 1 aromatic heterocycles. The van der Waals surface area contributed by atoms with Crippen molar-refractivity contribution < 1.29 is 26.3 Å². The van der Waals surface area contributed by atoms with E-state index in [9.17, 15) is 26.3 Å². The number of hydrogen-bond acceptors (Lipinski definition) is 2. The van der Waals surface area contributed by atoms with Crippen LogP contribution in [-0.2, 0) is 6.18 Å². The summed E-state index contributed by atoms with van der Waals surface area (Å²) in [5, 5.41) is 2.17. The van der Waals surface area contributed by atoms with Crippen LogP contribution in [0.3, 0.4) is 0 Å². The average Bonchev–Trinajstić information content (AvgIpc) is 2.37. The van der Waals surface area contributed by atoms with Gasteiger partial charge in [-0.2, -0.15) is 22.5 Å². The highest BCUT2D eigenvalue weighted by molar-refractivity contribution is 9.10. The minimum Gasteiger partial charge on any atom is -0.338 e. The number of alkyl halides is 3. The molecule has 1 heterocycles. The molecule has 0 fully saturated rings. The summed E-state index contributed by atoms with van der Waals surface area (Å²) in [6.45, 7) is 0. The van der Waals surface area contributed by atoms with Gasteiger partial charge in [0.2, 0.25) is 0 Å². The lowest BCUT2D eigenvalue weighted by Crippen LogP contribution is -2.07. The largest absolute Gasteiger partial charge is 0.417 e. The SMILES string of the molecule is Fc1cc(F)c(Nc2ccc(Br)c(C(F)(F)F)c2)nc1F. The third kappa shape index (κ3) is 3.46. The van der Waals surface area contributed by atoms with Crippen molar-refractivity contribution in [3.8, 4) is 0 Å². The zero-order valence-corrected chi connectivity index (χ0v) is 11.5. The van der Waals surface area contributed by atoms with Crippen LogP contribution >= 0.6 is 15.9 Å². The Morgan fingerprint density at radius 2 is 1.67 bits per heavy atom. The van der Waals surface area contributed by atoms with Gasteiger partial charge in [-0.1, -0.05) is 15.9 Å². The van der Waals surface area contributed by atoms with E-state index >= 15 is 0 Å². The molecule has 112 valence electrons. The van der Waals surface area contributed by atoms with Gasteiger partial charge in [-0.3, -0.25) is 0 Å². The molecule has 0 saturated heterocycles. The van der Waals surface area contributed by atoms with Crippen LogP contribution in [0.5, 0.6) is 0 Å². The van der Waals surface area contributed by atoms with Gasteiger partial charge in [-0.25, -0.2) is 8.78 Å². The van der Waals surface area contributed by atoms with Gasteiger partial charge in [-0.15, -0.1) is 0 Å². The summed E-state index contributed by atoms with van der Waals surface area (Å²) >= 11 is 2.74. The van der Waals surface area contributed by atoms with Gasteiger partial charge in [0, 0.05) is 16.2 Å². The Morgan fingerprint density at radius 3 is 2.29 bits per heavy atom. The van der Waals surface area contributed by atoms with Gasteiger partial charge in [0.05, 0.1) is 5.56 Å². The molecule has 21 heavy (non-hydrogen) atoms. The van der Waals surface area contributed by atoms with Crippen LogP contribution < -0.4 is 5.32 Å². The van der Waals surface area contributed by atoms with E-state index in [1.807, 2.05) is 0 Å². The molecule has 0 amide bonds. The first-order valence-corrected chi connectivity index (χ1v) is 6.13. The fourth-order valence-corrected chi connectivity index (χ4v) is 1.96. The van der Waals surface area contributed by atoms with Crippen molar-refractivity contribution >= 4 is 27.4 Å². The Hall–Kier alpha value is -1.77. The van der Waals surface area contributed by atoms with Crippen LogP contribution in [0.1, 0.15) is 5.56 Å². The molecule has 0 unspecified atom stereocenters. The van der Waals surface area contributed by atoms with E-state index in [-0.39, 0.29) is 16.2 Å². The number of benzene rings is 1.